The molecule has 0 aliphatic carbocycles. The van der Waals surface area contributed by atoms with Crippen LogP contribution in [0.1, 0.15) is 38.1 Å². The Hall–Kier alpha value is -1.32. The molecule has 96 valence electrons. The van der Waals surface area contributed by atoms with Gasteiger partial charge in [-0.2, -0.15) is 0 Å². The van der Waals surface area contributed by atoms with E-state index in [2.05, 4.69) is 48.0 Å². The molecule has 1 N–H and O–H groups in total. The highest BCUT2D eigenvalue weighted by Crippen LogP contribution is 2.22. The van der Waals surface area contributed by atoms with Gasteiger partial charge in [-0.05, 0) is 13.3 Å². The van der Waals surface area contributed by atoms with Gasteiger partial charge in [0, 0.05) is 32.6 Å². The summed E-state index contributed by atoms with van der Waals surface area (Å²) in [4.78, 5) is 11.3. The van der Waals surface area contributed by atoms with Crippen molar-refractivity contribution in [1.29, 1.82) is 0 Å². The first-order valence-corrected chi connectivity index (χ1v) is 6.40. The second-order valence-corrected chi connectivity index (χ2v) is 4.32. The lowest BCUT2D eigenvalue weighted by Crippen LogP contribution is -2.22. The molecular weight excluding hydrogens is 212 g/mol. The van der Waals surface area contributed by atoms with Crippen molar-refractivity contribution in [3.05, 3.63) is 11.4 Å². The Labute approximate surface area is 104 Å². The van der Waals surface area contributed by atoms with Crippen LogP contribution >= 0.6 is 0 Å². The number of rotatable bonds is 6. The third-order valence-electron chi connectivity index (χ3n) is 2.93. The summed E-state index contributed by atoms with van der Waals surface area (Å²) in [6.45, 7) is 7.40. The number of nitrogens with one attached hydrogen (secondary N) is 1. The van der Waals surface area contributed by atoms with Crippen LogP contribution in [0.2, 0.25) is 0 Å². The van der Waals surface area contributed by atoms with E-state index in [9.17, 15) is 0 Å². The summed E-state index contributed by atoms with van der Waals surface area (Å²) >= 11 is 0. The van der Waals surface area contributed by atoms with Crippen LogP contribution in [0, 0.1) is 6.92 Å². The largest absolute Gasteiger partial charge is 0.373 e. The lowest BCUT2D eigenvalue weighted by Gasteiger charge is -2.21. The van der Waals surface area contributed by atoms with E-state index in [1.165, 1.54) is 12.8 Å². The molecule has 1 aromatic rings. The van der Waals surface area contributed by atoms with Crippen molar-refractivity contribution >= 4 is 11.6 Å². The molecule has 4 nitrogen and oxygen atoms in total. The van der Waals surface area contributed by atoms with Crippen LogP contribution in [0.15, 0.2) is 0 Å². The van der Waals surface area contributed by atoms with Crippen LogP contribution < -0.4 is 10.2 Å². The van der Waals surface area contributed by atoms with Crippen LogP contribution in [0.3, 0.4) is 0 Å². The summed E-state index contributed by atoms with van der Waals surface area (Å²) in [5, 5.41) is 3.14. The van der Waals surface area contributed by atoms with Crippen LogP contribution in [0.4, 0.5) is 11.6 Å². The zero-order valence-corrected chi connectivity index (χ0v) is 11.7. The minimum Gasteiger partial charge on any atom is -0.373 e. The molecule has 0 spiro atoms. The first-order chi connectivity index (χ1) is 8.13. The summed E-state index contributed by atoms with van der Waals surface area (Å²) in [7, 11) is 4.01. The molecule has 0 aromatic carbocycles. The van der Waals surface area contributed by atoms with E-state index in [1.807, 2.05) is 7.05 Å². The smallest absolute Gasteiger partial charge is 0.137 e. The standard InChI is InChI=1S/C13H24N4/c1-6-8-9-17(5)13-10(3)12(14-4)15-11(7-2)16-13/h6-9H2,1-5H3,(H,14,15,16). The van der Waals surface area contributed by atoms with Gasteiger partial charge in [-0.3, -0.25) is 0 Å². The molecule has 0 radical (unpaired) electrons. The average Bonchev–Trinajstić information content (AvgIpc) is 2.36. The van der Waals surface area contributed by atoms with Crippen molar-refractivity contribution < 1.29 is 0 Å². The Kier molecular flexibility index (Phi) is 5.19. The van der Waals surface area contributed by atoms with Crippen molar-refractivity contribution in [3.8, 4) is 0 Å². The van der Waals surface area contributed by atoms with Gasteiger partial charge in [0.25, 0.3) is 0 Å². The van der Waals surface area contributed by atoms with E-state index in [0.29, 0.717) is 0 Å². The van der Waals surface area contributed by atoms with Crippen molar-refractivity contribution in [2.24, 2.45) is 0 Å². The number of nitrogens with zero attached hydrogens (tertiary/aromatic N) is 3. The highest BCUT2D eigenvalue weighted by atomic mass is 15.2. The van der Waals surface area contributed by atoms with Gasteiger partial charge in [0.15, 0.2) is 0 Å². The number of aryl methyl sites for hydroxylation is 1. The summed E-state index contributed by atoms with van der Waals surface area (Å²) in [5.74, 6) is 2.89. The van der Waals surface area contributed by atoms with E-state index in [1.54, 1.807) is 0 Å². The predicted octanol–water partition coefficient (Wildman–Crippen LogP) is 2.63. The molecule has 0 aliphatic rings. The van der Waals surface area contributed by atoms with Crippen LogP contribution in [0.5, 0.6) is 0 Å². The van der Waals surface area contributed by atoms with Crippen LogP contribution in [-0.2, 0) is 6.42 Å². The normalized spacial score (nSPS) is 10.4. The van der Waals surface area contributed by atoms with Crippen molar-refractivity contribution in [1.82, 2.24) is 9.97 Å². The van der Waals surface area contributed by atoms with Crippen molar-refractivity contribution in [2.45, 2.75) is 40.0 Å². The number of hydrogen-bond donors (Lipinski definition) is 1. The monoisotopic (exact) mass is 236 g/mol. The highest BCUT2D eigenvalue weighted by molar-refractivity contribution is 5.58. The second-order valence-electron chi connectivity index (χ2n) is 4.32. The second kappa shape index (κ2) is 6.42. The average molecular weight is 236 g/mol. The number of unbranched alkanes of at least 4 members (excludes halogenated alkanes) is 1. The molecule has 0 fully saturated rings. The van der Waals surface area contributed by atoms with Gasteiger partial charge in [-0.15, -0.1) is 0 Å². The van der Waals surface area contributed by atoms with E-state index in [0.717, 1.165) is 36.0 Å². The highest BCUT2D eigenvalue weighted by Gasteiger charge is 2.12. The first kappa shape index (κ1) is 13.7. The van der Waals surface area contributed by atoms with Crippen LogP contribution in [-0.4, -0.2) is 30.6 Å². The molecule has 0 unspecified atom stereocenters. The number of hydrogen-bond acceptors (Lipinski definition) is 4. The Balaban J connectivity index is 3.03. The predicted molar refractivity (Wildman–Crippen MR) is 73.9 cm³/mol. The zero-order chi connectivity index (χ0) is 12.8. The Morgan fingerprint density at radius 3 is 2.47 bits per heavy atom. The zero-order valence-electron chi connectivity index (χ0n) is 11.7. The van der Waals surface area contributed by atoms with E-state index in [-0.39, 0.29) is 0 Å². The molecule has 4 heteroatoms. The third-order valence-corrected chi connectivity index (χ3v) is 2.93. The fourth-order valence-electron chi connectivity index (χ4n) is 1.82. The van der Waals surface area contributed by atoms with Gasteiger partial charge >= 0.3 is 0 Å². The van der Waals surface area contributed by atoms with Crippen molar-refractivity contribution in [2.75, 3.05) is 30.9 Å². The Morgan fingerprint density at radius 2 is 1.94 bits per heavy atom. The molecule has 0 bridgehead atoms. The quantitative estimate of drug-likeness (QED) is 0.824. The molecule has 0 saturated carbocycles. The lowest BCUT2D eigenvalue weighted by molar-refractivity contribution is 0.751. The van der Waals surface area contributed by atoms with E-state index in [4.69, 9.17) is 0 Å². The number of aromatic nitrogens is 2. The lowest BCUT2D eigenvalue weighted by atomic mass is 10.2. The maximum atomic E-state index is 4.63. The summed E-state index contributed by atoms with van der Waals surface area (Å²) in [5.41, 5.74) is 1.13. The molecule has 1 aromatic heterocycles. The fourth-order valence-corrected chi connectivity index (χ4v) is 1.82. The molecule has 0 amide bonds. The van der Waals surface area contributed by atoms with Gasteiger partial charge in [-0.25, -0.2) is 9.97 Å². The Bertz CT molecular complexity index is 363. The topological polar surface area (TPSA) is 41.1 Å². The molecular formula is C13H24N4. The van der Waals surface area contributed by atoms with Gasteiger partial charge in [0.05, 0.1) is 0 Å². The fraction of sp³-hybridized carbons (Fsp3) is 0.692. The van der Waals surface area contributed by atoms with Crippen molar-refractivity contribution in [3.63, 3.8) is 0 Å². The SMILES string of the molecule is CCCCN(C)c1nc(CC)nc(NC)c1C. The maximum Gasteiger partial charge on any atom is 0.137 e. The van der Waals surface area contributed by atoms with Gasteiger partial charge in [0.2, 0.25) is 0 Å². The molecule has 0 saturated heterocycles. The summed E-state index contributed by atoms with van der Waals surface area (Å²) in [6.07, 6.45) is 3.26. The minimum absolute atomic E-state index is 0.865. The Morgan fingerprint density at radius 1 is 1.24 bits per heavy atom. The van der Waals surface area contributed by atoms with Gasteiger partial charge in [-0.1, -0.05) is 20.3 Å². The minimum atomic E-state index is 0.865. The molecule has 1 heterocycles. The third kappa shape index (κ3) is 3.32. The molecule has 1 rings (SSSR count). The summed E-state index contributed by atoms with van der Waals surface area (Å²) < 4.78 is 0. The first-order valence-electron chi connectivity index (χ1n) is 6.40. The van der Waals surface area contributed by atoms with Gasteiger partial charge < -0.3 is 10.2 Å². The maximum absolute atomic E-state index is 4.63. The van der Waals surface area contributed by atoms with E-state index < -0.39 is 0 Å². The van der Waals surface area contributed by atoms with Gasteiger partial charge in [0.1, 0.15) is 17.5 Å². The molecule has 0 atom stereocenters. The molecule has 0 aliphatic heterocycles. The van der Waals surface area contributed by atoms with E-state index >= 15 is 0 Å². The number of anilines is 2. The molecule has 17 heavy (non-hydrogen) atoms. The summed E-state index contributed by atoms with van der Waals surface area (Å²) in [6, 6.07) is 0. The van der Waals surface area contributed by atoms with Crippen LogP contribution in [0.25, 0.3) is 0 Å².